The highest BCUT2D eigenvalue weighted by atomic mass is 28.4. The van der Waals surface area contributed by atoms with Gasteiger partial charge in [0.1, 0.15) is 23.6 Å². The molecule has 1 aliphatic heterocycles. The molecule has 0 unspecified atom stereocenters. The van der Waals surface area contributed by atoms with Gasteiger partial charge in [-0.2, -0.15) is 4.98 Å². The van der Waals surface area contributed by atoms with Gasteiger partial charge in [-0.3, -0.25) is 9.88 Å². The van der Waals surface area contributed by atoms with E-state index in [-0.39, 0.29) is 17.5 Å². The van der Waals surface area contributed by atoms with Crippen molar-refractivity contribution in [2.24, 2.45) is 0 Å². The van der Waals surface area contributed by atoms with Gasteiger partial charge in [0, 0.05) is 6.20 Å². The number of carbonyl (C=O) groups is 1. The summed E-state index contributed by atoms with van der Waals surface area (Å²) in [6.45, 7) is 15.3. The second-order valence-corrected chi connectivity index (χ2v) is 15.4. The highest BCUT2D eigenvalue weighted by Gasteiger charge is 2.56. The summed E-state index contributed by atoms with van der Waals surface area (Å²) in [6.07, 6.45) is 2.07. The topological polar surface area (TPSA) is 132 Å². The SMILES string of the molecule is C#C[C@@]1(O)[C@@H](CO[Si](C)(C)C(C)(C)C)O[C@@H](n2ccc(NC(=O)OC(C)(C)C)nc2=O)[C@@H]1O. The van der Waals surface area contributed by atoms with Gasteiger partial charge in [0.25, 0.3) is 0 Å². The van der Waals surface area contributed by atoms with Crippen LogP contribution in [0.3, 0.4) is 0 Å². The first-order chi connectivity index (χ1) is 14.9. The second-order valence-electron chi connectivity index (χ2n) is 10.6. The molecule has 0 saturated carbocycles. The van der Waals surface area contributed by atoms with Crippen molar-refractivity contribution in [2.75, 3.05) is 11.9 Å². The molecule has 1 aromatic rings. The zero-order valence-corrected chi connectivity index (χ0v) is 21.5. The minimum Gasteiger partial charge on any atom is -0.444 e. The summed E-state index contributed by atoms with van der Waals surface area (Å²) in [5, 5.41) is 24.0. The van der Waals surface area contributed by atoms with Gasteiger partial charge in [0.15, 0.2) is 20.1 Å². The Morgan fingerprint density at radius 3 is 2.45 bits per heavy atom. The smallest absolute Gasteiger partial charge is 0.413 e. The number of nitrogens with zero attached hydrogens (tertiary/aromatic N) is 2. The van der Waals surface area contributed by atoms with E-state index in [0.717, 1.165) is 4.57 Å². The Morgan fingerprint density at radius 2 is 1.97 bits per heavy atom. The molecule has 0 spiro atoms. The Balaban J connectivity index is 2.23. The van der Waals surface area contributed by atoms with Crippen LogP contribution in [0.1, 0.15) is 47.8 Å². The number of aromatic nitrogens is 2. The first-order valence-electron chi connectivity index (χ1n) is 10.7. The Morgan fingerprint density at radius 1 is 1.36 bits per heavy atom. The summed E-state index contributed by atoms with van der Waals surface area (Å²) in [4.78, 5) is 28.3. The summed E-state index contributed by atoms with van der Waals surface area (Å²) in [5.74, 6) is 2.16. The number of rotatable bonds is 5. The van der Waals surface area contributed by atoms with Gasteiger partial charge < -0.3 is 24.1 Å². The minimum absolute atomic E-state index is 0.0389. The van der Waals surface area contributed by atoms with Crippen LogP contribution >= 0.6 is 0 Å². The molecule has 4 atom stereocenters. The molecule has 0 aliphatic carbocycles. The van der Waals surface area contributed by atoms with Crippen molar-refractivity contribution in [1.82, 2.24) is 9.55 Å². The summed E-state index contributed by atoms with van der Waals surface area (Å²) in [7, 11) is -2.20. The van der Waals surface area contributed by atoms with Crippen LogP contribution in [0.15, 0.2) is 17.1 Å². The third-order valence-corrected chi connectivity index (χ3v) is 10.4. The summed E-state index contributed by atoms with van der Waals surface area (Å²) >= 11 is 0. The lowest BCUT2D eigenvalue weighted by molar-refractivity contribution is -0.0597. The molecular weight excluding hydrogens is 446 g/mol. The van der Waals surface area contributed by atoms with Gasteiger partial charge in [0.05, 0.1) is 6.61 Å². The van der Waals surface area contributed by atoms with Crippen molar-refractivity contribution in [1.29, 1.82) is 0 Å². The average molecular weight is 482 g/mol. The Bertz CT molecular complexity index is 974. The van der Waals surface area contributed by atoms with Crippen molar-refractivity contribution in [3.05, 3.63) is 22.7 Å². The zero-order chi connectivity index (χ0) is 25.4. The number of hydrogen-bond acceptors (Lipinski definition) is 8. The number of aliphatic hydroxyl groups is 2. The number of carbonyl (C=O) groups excluding carboxylic acids is 1. The fraction of sp³-hybridized carbons (Fsp3) is 0.682. The third-order valence-electron chi connectivity index (χ3n) is 5.88. The van der Waals surface area contributed by atoms with Crippen molar-refractivity contribution in [2.45, 2.75) is 89.3 Å². The average Bonchev–Trinajstić information content (AvgIpc) is 2.89. The maximum atomic E-state index is 12.6. The molecule has 2 rings (SSSR count). The first-order valence-corrected chi connectivity index (χ1v) is 13.6. The number of amides is 1. The van der Waals surface area contributed by atoms with E-state index in [1.165, 1.54) is 12.3 Å². The number of hydrogen-bond donors (Lipinski definition) is 3. The number of anilines is 1. The molecule has 1 fully saturated rings. The maximum Gasteiger partial charge on any atom is 0.413 e. The van der Waals surface area contributed by atoms with Gasteiger partial charge in [-0.1, -0.05) is 26.7 Å². The summed E-state index contributed by atoms with van der Waals surface area (Å²) in [6, 6.07) is 1.34. The summed E-state index contributed by atoms with van der Waals surface area (Å²) < 4.78 is 18.1. The van der Waals surface area contributed by atoms with Crippen LogP contribution in [0, 0.1) is 12.3 Å². The number of nitrogens with one attached hydrogen (secondary N) is 1. The van der Waals surface area contributed by atoms with E-state index in [1.807, 2.05) is 13.1 Å². The molecule has 184 valence electrons. The predicted octanol–water partition coefficient (Wildman–Crippen LogP) is 2.23. The molecule has 33 heavy (non-hydrogen) atoms. The highest BCUT2D eigenvalue weighted by molar-refractivity contribution is 6.74. The third kappa shape index (κ3) is 6.02. The highest BCUT2D eigenvalue weighted by Crippen LogP contribution is 2.40. The molecule has 1 amide bonds. The number of ether oxygens (including phenoxy) is 2. The fourth-order valence-corrected chi connectivity index (χ4v) is 3.90. The molecule has 11 heteroatoms. The lowest BCUT2D eigenvalue weighted by Crippen LogP contribution is -2.51. The van der Waals surface area contributed by atoms with Crippen LogP contribution in [-0.4, -0.2) is 64.2 Å². The molecule has 1 aromatic heterocycles. The van der Waals surface area contributed by atoms with Gasteiger partial charge in [-0.05, 0) is 45.0 Å². The quantitative estimate of drug-likeness (QED) is 0.431. The monoisotopic (exact) mass is 481 g/mol. The first kappa shape index (κ1) is 27.0. The van der Waals surface area contributed by atoms with Gasteiger partial charge >= 0.3 is 11.8 Å². The molecule has 2 heterocycles. The molecule has 1 aliphatic rings. The largest absolute Gasteiger partial charge is 0.444 e. The van der Waals surface area contributed by atoms with Crippen LogP contribution in [0.5, 0.6) is 0 Å². The van der Waals surface area contributed by atoms with E-state index in [4.69, 9.17) is 20.3 Å². The van der Waals surface area contributed by atoms with E-state index < -0.39 is 49.7 Å². The van der Waals surface area contributed by atoms with E-state index in [2.05, 4.69) is 37.0 Å². The van der Waals surface area contributed by atoms with E-state index >= 15 is 0 Å². The van der Waals surface area contributed by atoms with Gasteiger partial charge in [0.2, 0.25) is 0 Å². The van der Waals surface area contributed by atoms with E-state index in [9.17, 15) is 19.8 Å². The van der Waals surface area contributed by atoms with Gasteiger partial charge in [-0.25, -0.2) is 9.59 Å². The van der Waals surface area contributed by atoms with Crippen LogP contribution in [0.2, 0.25) is 18.1 Å². The molecule has 0 radical (unpaired) electrons. The van der Waals surface area contributed by atoms with Crippen molar-refractivity contribution >= 4 is 20.2 Å². The number of terminal acetylenes is 1. The lowest BCUT2D eigenvalue weighted by Gasteiger charge is -2.37. The Labute approximate surface area is 195 Å². The molecule has 10 nitrogen and oxygen atoms in total. The Hall–Kier alpha value is -2.23. The van der Waals surface area contributed by atoms with E-state index in [1.54, 1.807) is 20.8 Å². The Kier molecular flexibility index (Phi) is 7.52. The second kappa shape index (κ2) is 9.19. The van der Waals surface area contributed by atoms with Crippen LogP contribution < -0.4 is 11.0 Å². The van der Waals surface area contributed by atoms with Crippen molar-refractivity contribution in [3.8, 4) is 12.3 Å². The van der Waals surface area contributed by atoms with Crippen LogP contribution in [0.25, 0.3) is 0 Å². The zero-order valence-electron chi connectivity index (χ0n) is 20.5. The fourth-order valence-electron chi connectivity index (χ4n) is 2.90. The predicted molar refractivity (Wildman–Crippen MR) is 125 cm³/mol. The van der Waals surface area contributed by atoms with Crippen LogP contribution in [0.4, 0.5) is 10.6 Å². The lowest BCUT2D eigenvalue weighted by atomic mass is 9.93. The molecule has 0 bridgehead atoms. The maximum absolute atomic E-state index is 12.6. The minimum atomic E-state index is -2.20. The molecule has 1 saturated heterocycles. The van der Waals surface area contributed by atoms with Gasteiger partial charge in [-0.15, -0.1) is 6.42 Å². The standard InChI is InChI=1S/C22H35N3O7Si/c1-10-22(29)14(13-30-33(8,9)21(5,6)7)31-17(16(22)26)25-12-11-15(23-18(25)27)24-19(28)32-20(2,3)4/h1,11-12,14,16-17,26,29H,13H2,2-9H3,(H,23,24,27,28)/t14-,16+,17-,22-/m1/s1. The van der Waals surface area contributed by atoms with Crippen LogP contribution in [-0.2, 0) is 13.9 Å². The molecule has 3 N–H and O–H groups in total. The molecular formula is C22H35N3O7Si. The summed E-state index contributed by atoms with van der Waals surface area (Å²) in [5.41, 5.74) is -3.61. The molecule has 0 aromatic carbocycles. The van der Waals surface area contributed by atoms with E-state index in [0.29, 0.717) is 0 Å². The van der Waals surface area contributed by atoms with Crippen molar-refractivity contribution < 1.29 is 28.9 Å². The van der Waals surface area contributed by atoms with Crippen molar-refractivity contribution in [3.63, 3.8) is 0 Å². The normalized spacial score (nSPS) is 26.0. The number of aliphatic hydroxyl groups excluding tert-OH is 1.